The maximum atomic E-state index is 11.6. The standard InChI is InChI=1S/C15H22O2/c1-5-11(6-2)12-7-8-14(16)15(17)13(9-12)10(3)4/h7-11H,5-6H2,1-4H3,(H,16,17). The van der Waals surface area contributed by atoms with E-state index < -0.39 is 0 Å². The van der Waals surface area contributed by atoms with Crippen molar-refractivity contribution in [1.29, 1.82) is 0 Å². The molecule has 1 aromatic carbocycles. The number of hydrogen-bond acceptors (Lipinski definition) is 2. The molecule has 0 unspecified atom stereocenters. The van der Waals surface area contributed by atoms with Crippen LogP contribution < -0.4 is 5.43 Å². The molecule has 0 aromatic heterocycles. The molecule has 17 heavy (non-hydrogen) atoms. The maximum Gasteiger partial charge on any atom is 0.220 e. The Labute approximate surface area is 103 Å². The van der Waals surface area contributed by atoms with Crippen molar-refractivity contribution in [3.8, 4) is 5.75 Å². The fourth-order valence-electron chi connectivity index (χ4n) is 2.14. The largest absolute Gasteiger partial charge is 0.504 e. The normalized spacial score (nSPS) is 11.2. The topological polar surface area (TPSA) is 37.3 Å². The molecular weight excluding hydrogens is 212 g/mol. The zero-order valence-electron chi connectivity index (χ0n) is 11.2. The highest BCUT2D eigenvalue weighted by Gasteiger charge is 2.12. The zero-order valence-corrected chi connectivity index (χ0v) is 11.2. The summed E-state index contributed by atoms with van der Waals surface area (Å²) in [5.41, 5.74) is 1.61. The Balaban J connectivity index is 3.42. The SMILES string of the molecule is CCC(CC)c1ccc(=O)c(O)c(C(C)C)c1. The Morgan fingerprint density at radius 1 is 1.18 bits per heavy atom. The van der Waals surface area contributed by atoms with Crippen LogP contribution in [0.3, 0.4) is 0 Å². The lowest BCUT2D eigenvalue weighted by Gasteiger charge is -2.12. The van der Waals surface area contributed by atoms with Crippen LogP contribution >= 0.6 is 0 Å². The summed E-state index contributed by atoms with van der Waals surface area (Å²) < 4.78 is 0. The van der Waals surface area contributed by atoms with Crippen LogP contribution in [0.5, 0.6) is 5.75 Å². The predicted octanol–water partition coefficient (Wildman–Crippen LogP) is 3.78. The summed E-state index contributed by atoms with van der Waals surface area (Å²) in [6.07, 6.45) is 2.10. The molecule has 0 aliphatic carbocycles. The fourth-order valence-corrected chi connectivity index (χ4v) is 2.14. The molecule has 94 valence electrons. The van der Waals surface area contributed by atoms with Crippen LogP contribution in [0.4, 0.5) is 0 Å². The Hall–Kier alpha value is -1.31. The van der Waals surface area contributed by atoms with Gasteiger partial charge in [-0.05, 0) is 36.3 Å². The Morgan fingerprint density at radius 3 is 2.24 bits per heavy atom. The second kappa shape index (κ2) is 5.85. The molecule has 2 heteroatoms. The molecule has 0 spiro atoms. The average Bonchev–Trinajstić information content (AvgIpc) is 2.44. The first-order valence-corrected chi connectivity index (χ1v) is 6.38. The van der Waals surface area contributed by atoms with Gasteiger partial charge in [0.2, 0.25) is 5.43 Å². The number of hydrogen-bond donors (Lipinski definition) is 1. The molecule has 0 bridgehead atoms. The van der Waals surface area contributed by atoms with Crippen LogP contribution in [0.1, 0.15) is 63.5 Å². The van der Waals surface area contributed by atoms with E-state index in [9.17, 15) is 9.90 Å². The highest BCUT2D eigenvalue weighted by Crippen LogP contribution is 2.27. The summed E-state index contributed by atoms with van der Waals surface area (Å²) in [6.45, 7) is 8.28. The molecule has 2 nitrogen and oxygen atoms in total. The molecule has 0 aliphatic rings. The minimum atomic E-state index is -0.286. The van der Waals surface area contributed by atoms with E-state index in [0.29, 0.717) is 5.92 Å². The van der Waals surface area contributed by atoms with Crippen molar-refractivity contribution in [1.82, 2.24) is 0 Å². The first-order chi connectivity index (χ1) is 8.01. The van der Waals surface area contributed by atoms with Crippen molar-refractivity contribution in [2.24, 2.45) is 0 Å². The zero-order chi connectivity index (χ0) is 13.0. The molecule has 0 saturated heterocycles. The van der Waals surface area contributed by atoms with Gasteiger partial charge in [0, 0.05) is 5.56 Å². The van der Waals surface area contributed by atoms with Gasteiger partial charge in [0.15, 0.2) is 5.75 Å². The highest BCUT2D eigenvalue weighted by atomic mass is 16.3. The molecule has 0 radical (unpaired) electrons. The van der Waals surface area contributed by atoms with Crippen molar-refractivity contribution >= 4 is 0 Å². The highest BCUT2D eigenvalue weighted by molar-refractivity contribution is 5.37. The van der Waals surface area contributed by atoms with Crippen LogP contribution in [0.25, 0.3) is 0 Å². The van der Waals surface area contributed by atoms with Crippen LogP contribution in [0, 0.1) is 0 Å². The van der Waals surface area contributed by atoms with Crippen LogP contribution in [0.2, 0.25) is 0 Å². The molecule has 0 aliphatic heterocycles. The van der Waals surface area contributed by atoms with Crippen molar-refractivity contribution in [3.63, 3.8) is 0 Å². The first kappa shape index (κ1) is 13.8. The molecule has 0 saturated carbocycles. The monoisotopic (exact) mass is 234 g/mol. The van der Waals surface area contributed by atoms with Crippen LogP contribution in [-0.2, 0) is 0 Å². The summed E-state index contributed by atoms with van der Waals surface area (Å²) in [7, 11) is 0. The summed E-state index contributed by atoms with van der Waals surface area (Å²) in [5.74, 6) is 0.513. The summed E-state index contributed by atoms with van der Waals surface area (Å²) in [5, 5.41) is 9.87. The maximum absolute atomic E-state index is 11.6. The van der Waals surface area contributed by atoms with Crippen molar-refractivity contribution in [2.75, 3.05) is 0 Å². The lowest BCUT2D eigenvalue weighted by atomic mass is 9.93. The van der Waals surface area contributed by atoms with Crippen molar-refractivity contribution < 1.29 is 5.11 Å². The Kier molecular flexibility index (Phi) is 4.73. The number of aromatic hydroxyl groups is 1. The van der Waals surface area contributed by atoms with Crippen molar-refractivity contribution in [2.45, 2.75) is 52.4 Å². The van der Waals surface area contributed by atoms with Gasteiger partial charge in [-0.15, -0.1) is 0 Å². The second-order valence-corrected chi connectivity index (χ2v) is 4.81. The minimum Gasteiger partial charge on any atom is -0.504 e. The Morgan fingerprint density at radius 2 is 1.76 bits per heavy atom. The molecule has 0 fully saturated rings. The van der Waals surface area contributed by atoms with E-state index >= 15 is 0 Å². The Bertz CT molecular complexity index is 431. The van der Waals surface area contributed by atoms with E-state index in [-0.39, 0.29) is 17.1 Å². The quantitative estimate of drug-likeness (QED) is 0.860. The molecule has 1 rings (SSSR count). The van der Waals surface area contributed by atoms with Crippen LogP contribution in [0.15, 0.2) is 23.0 Å². The molecular formula is C15H22O2. The molecule has 0 atom stereocenters. The third-order valence-electron chi connectivity index (χ3n) is 3.34. The average molecular weight is 234 g/mol. The summed E-state index contributed by atoms with van der Waals surface area (Å²) in [4.78, 5) is 11.6. The summed E-state index contributed by atoms with van der Waals surface area (Å²) in [6, 6.07) is 5.32. The third kappa shape index (κ3) is 3.09. The van der Waals surface area contributed by atoms with E-state index in [0.717, 1.165) is 24.0 Å². The van der Waals surface area contributed by atoms with E-state index in [4.69, 9.17) is 0 Å². The van der Waals surface area contributed by atoms with Gasteiger partial charge in [-0.25, -0.2) is 0 Å². The van der Waals surface area contributed by atoms with Gasteiger partial charge in [-0.3, -0.25) is 4.79 Å². The second-order valence-electron chi connectivity index (χ2n) is 4.81. The van der Waals surface area contributed by atoms with Crippen molar-refractivity contribution in [3.05, 3.63) is 39.5 Å². The van der Waals surface area contributed by atoms with E-state index in [1.54, 1.807) is 0 Å². The van der Waals surface area contributed by atoms with Gasteiger partial charge in [0.1, 0.15) is 0 Å². The lowest BCUT2D eigenvalue weighted by molar-refractivity contribution is 0.460. The van der Waals surface area contributed by atoms with Gasteiger partial charge in [-0.1, -0.05) is 39.8 Å². The third-order valence-corrected chi connectivity index (χ3v) is 3.34. The van der Waals surface area contributed by atoms with E-state index in [1.165, 1.54) is 6.07 Å². The van der Waals surface area contributed by atoms with E-state index in [2.05, 4.69) is 13.8 Å². The molecule has 1 N–H and O–H groups in total. The van der Waals surface area contributed by atoms with Gasteiger partial charge < -0.3 is 5.11 Å². The molecule has 0 heterocycles. The molecule has 1 aromatic rings. The van der Waals surface area contributed by atoms with Crippen LogP contribution in [-0.4, -0.2) is 5.11 Å². The van der Waals surface area contributed by atoms with Gasteiger partial charge >= 0.3 is 0 Å². The first-order valence-electron chi connectivity index (χ1n) is 6.38. The minimum absolute atomic E-state index is 0.0998. The van der Waals surface area contributed by atoms with Gasteiger partial charge in [0.05, 0.1) is 0 Å². The predicted molar refractivity (Wildman–Crippen MR) is 71.8 cm³/mol. The molecule has 0 amide bonds. The van der Waals surface area contributed by atoms with E-state index in [1.807, 2.05) is 26.0 Å². The lowest BCUT2D eigenvalue weighted by Crippen LogP contribution is -1.98. The fraction of sp³-hybridized carbons (Fsp3) is 0.533. The summed E-state index contributed by atoms with van der Waals surface area (Å²) >= 11 is 0. The van der Waals surface area contributed by atoms with Gasteiger partial charge in [0.25, 0.3) is 0 Å². The smallest absolute Gasteiger partial charge is 0.220 e. The van der Waals surface area contributed by atoms with Gasteiger partial charge in [-0.2, -0.15) is 0 Å². The number of rotatable bonds is 4.